The van der Waals surface area contributed by atoms with Crippen LogP contribution in [-0.2, 0) is 17.8 Å². The Bertz CT molecular complexity index is 568. The zero-order valence-corrected chi connectivity index (χ0v) is 15.8. The summed E-state index contributed by atoms with van der Waals surface area (Å²) in [6.45, 7) is 12.7. The molecular weight excluding hydrogens is 318 g/mol. The summed E-state index contributed by atoms with van der Waals surface area (Å²) in [4.78, 5) is 22.9. The third kappa shape index (κ3) is 4.58. The van der Waals surface area contributed by atoms with E-state index >= 15 is 0 Å². The number of aryl methyl sites for hydroxylation is 1. The van der Waals surface area contributed by atoms with Crippen LogP contribution in [0.25, 0.3) is 0 Å². The minimum Gasteiger partial charge on any atom is -0.340 e. The Morgan fingerprint density at radius 3 is 2.68 bits per heavy atom. The quantitative estimate of drug-likeness (QED) is 0.773. The Labute approximate surface area is 150 Å². The molecular formula is C18H31N5O2. The largest absolute Gasteiger partial charge is 0.340 e. The number of aromatic nitrogens is 2. The van der Waals surface area contributed by atoms with Crippen molar-refractivity contribution in [3.63, 3.8) is 0 Å². The van der Waals surface area contributed by atoms with Crippen LogP contribution < -0.4 is 0 Å². The molecule has 0 aliphatic carbocycles. The van der Waals surface area contributed by atoms with Gasteiger partial charge < -0.3 is 9.42 Å². The van der Waals surface area contributed by atoms with E-state index in [0.29, 0.717) is 12.0 Å². The van der Waals surface area contributed by atoms with Gasteiger partial charge in [-0.15, -0.1) is 0 Å². The van der Waals surface area contributed by atoms with E-state index in [1.54, 1.807) is 6.92 Å². The number of carbonyl (C=O) groups is 1. The highest BCUT2D eigenvalue weighted by molar-refractivity contribution is 5.73. The highest BCUT2D eigenvalue weighted by atomic mass is 16.5. The number of unbranched alkanes of at least 4 members (excludes halogenated alkanes) is 1. The molecule has 7 nitrogen and oxygen atoms in total. The summed E-state index contributed by atoms with van der Waals surface area (Å²) < 4.78 is 5.35. The van der Waals surface area contributed by atoms with Crippen molar-refractivity contribution in [1.82, 2.24) is 24.8 Å². The predicted octanol–water partition coefficient (Wildman–Crippen LogP) is 1.40. The molecule has 0 saturated carbocycles. The maximum Gasteiger partial charge on any atom is 0.226 e. The van der Waals surface area contributed by atoms with Crippen molar-refractivity contribution >= 4 is 5.91 Å². The van der Waals surface area contributed by atoms with E-state index in [2.05, 4.69) is 33.8 Å². The van der Waals surface area contributed by atoms with E-state index in [-0.39, 0.29) is 5.91 Å². The van der Waals surface area contributed by atoms with Crippen molar-refractivity contribution < 1.29 is 9.32 Å². The number of rotatable bonds is 6. The number of carbonyl (C=O) groups excluding carboxylic acids is 1. The average Bonchev–Trinajstić information content (AvgIpc) is 3.19. The van der Waals surface area contributed by atoms with Crippen molar-refractivity contribution in [1.29, 1.82) is 0 Å². The fourth-order valence-electron chi connectivity index (χ4n) is 4.00. The third-order valence-electron chi connectivity index (χ3n) is 5.50. The average molecular weight is 349 g/mol. The summed E-state index contributed by atoms with van der Waals surface area (Å²) in [7, 11) is 0. The maximum atomic E-state index is 11.5. The topological polar surface area (TPSA) is 65.7 Å². The molecule has 2 saturated heterocycles. The Hall–Kier alpha value is -1.47. The van der Waals surface area contributed by atoms with E-state index in [4.69, 9.17) is 4.52 Å². The molecule has 25 heavy (non-hydrogen) atoms. The molecule has 7 heteroatoms. The Kier molecular flexibility index (Phi) is 6.06. The number of hydrogen-bond acceptors (Lipinski definition) is 6. The second-order valence-corrected chi connectivity index (χ2v) is 7.49. The molecule has 1 aromatic rings. The van der Waals surface area contributed by atoms with E-state index in [0.717, 1.165) is 76.8 Å². The van der Waals surface area contributed by atoms with Gasteiger partial charge in [0.15, 0.2) is 5.82 Å². The van der Waals surface area contributed by atoms with E-state index < -0.39 is 0 Å². The molecule has 0 bridgehead atoms. The molecule has 140 valence electrons. The summed E-state index contributed by atoms with van der Waals surface area (Å²) >= 11 is 0. The normalized spacial score (nSPS) is 25.6. The van der Waals surface area contributed by atoms with Gasteiger partial charge in [0.1, 0.15) is 0 Å². The SMILES string of the molecule is CCCCc1nc(CN2CC(C)C(N3CCN(C(C)=O)CC3)C2)no1. The minimum atomic E-state index is 0.191. The standard InChI is InChI=1S/C18H31N5O2/c1-4-5-6-18-19-17(20-25-18)13-21-11-14(2)16(12-21)23-9-7-22(8-10-23)15(3)24/h14,16H,4-13H2,1-3H3. The highest BCUT2D eigenvalue weighted by Crippen LogP contribution is 2.24. The van der Waals surface area contributed by atoms with Crippen LogP contribution in [-0.4, -0.2) is 76.1 Å². The van der Waals surface area contributed by atoms with Crippen molar-refractivity contribution in [3.8, 4) is 0 Å². The van der Waals surface area contributed by atoms with Gasteiger partial charge in [0.05, 0.1) is 6.54 Å². The fraction of sp³-hybridized carbons (Fsp3) is 0.833. The maximum absolute atomic E-state index is 11.5. The monoisotopic (exact) mass is 349 g/mol. The van der Waals surface area contributed by atoms with Crippen molar-refractivity contribution in [2.75, 3.05) is 39.3 Å². The van der Waals surface area contributed by atoms with Crippen molar-refractivity contribution in [3.05, 3.63) is 11.7 Å². The zero-order valence-electron chi connectivity index (χ0n) is 15.8. The van der Waals surface area contributed by atoms with Crippen LogP contribution in [0.1, 0.15) is 45.3 Å². The van der Waals surface area contributed by atoms with Gasteiger partial charge in [-0.1, -0.05) is 25.4 Å². The van der Waals surface area contributed by atoms with Gasteiger partial charge in [-0.3, -0.25) is 14.6 Å². The number of piperazine rings is 1. The van der Waals surface area contributed by atoms with Gasteiger partial charge in [-0.05, 0) is 12.3 Å². The molecule has 1 aromatic heterocycles. The van der Waals surface area contributed by atoms with E-state index in [9.17, 15) is 4.79 Å². The molecule has 3 rings (SSSR count). The van der Waals surface area contributed by atoms with Crippen LogP contribution in [0.3, 0.4) is 0 Å². The molecule has 3 heterocycles. The summed E-state index contributed by atoms with van der Waals surface area (Å²) in [6.07, 6.45) is 3.11. The van der Waals surface area contributed by atoms with E-state index in [1.165, 1.54) is 0 Å². The van der Waals surface area contributed by atoms with Crippen LogP contribution in [0.4, 0.5) is 0 Å². The minimum absolute atomic E-state index is 0.191. The lowest BCUT2D eigenvalue weighted by Gasteiger charge is -2.39. The highest BCUT2D eigenvalue weighted by Gasteiger charge is 2.35. The fourth-order valence-corrected chi connectivity index (χ4v) is 4.00. The smallest absolute Gasteiger partial charge is 0.226 e. The van der Waals surface area contributed by atoms with Crippen molar-refractivity contribution in [2.24, 2.45) is 5.92 Å². The molecule has 0 N–H and O–H groups in total. The second kappa shape index (κ2) is 8.27. The first-order chi connectivity index (χ1) is 12.1. The number of amides is 1. The first-order valence-electron chi connectivity index (χ1n) is 9.60. The van der Waals surface area contributed by atoms with Gasteiger partial charge >= 0.3 is 0 Å². The van der Waals surface area contributed by atoms with Crippen LogP contribution in [0.2, 0.25) is 0 Å². The van der Waals surface area contributed by atoms with Crippen molar-refractivity contribution in [2.45, 2.75) is 52.6 Å². The van der Waals surface area contributed by atoms with Gasteiger partial charge in [0, 0.05) is 58.7 Å². The predicted molar refractivity (Wildman–Crippen MR) is 95.0 cm³/mol. The van der Waals surface area contributed by atoms with E-state index in [1.807, 2.05) is 4.90 Å². The summed E-state index contributed by atoms with van der Waals surface area (Å²) in [6, 6.07) is 0.556. The molecule has 0 aromatic carbocycles. The third-order valence-corrected chi connectivity index (χ3v) is 5.50. The lowest BCUT2D eigenvalue weighted by Crippen LogP contribution is -2.53. The molecule has 2 aliphatic rings. The first kappa shape index (κ1) is 18.3. The van der Waals surface area contributed by atoms with Crippen LogP contribution in [0.5, 0.6) is 0 Å². The molecule has 0 radical (unpaired) electrons. The lowest BCUT2D eigenvalue weighted by atomic mass is 10.0. The zero-order chi connectivity index (χ0) is 17.8. The Morgan fingerprint density at radius 1 is 1.24 bits per heavy atom. The number of nitrogens with zero attached hydrogens (tertiary/aromatic N) is 5. The van der Waals surface area contributed by atoms with Gasteiger partial charge in [-0.25, -0.2) is 0 Å². The molecule has 2 unspecified atom stereocenters. The first-order valence-corrected chi connectivity index (χ1v) is 9.60. The van der Waals surface area contributed by atoms with Gasteiger partial charge in [-0.2, -0.15) is 4.98 Å². The molecule has 2 fully saturated rings. The molecule has 2 aliphatic heterocycles. The molecule has 1 amide bonds. The van der Waals surface area contributed by atoms with Crippen LogP contribution in [0.15, 0.2) is 4.52 Å². The lowest BCUT2D eigenvalue weighted by molar-refractivity contribution is -0.130. The summed E-state index contributed by atoms with van der Waals surface area (Å²) in [5.41, 5.74) is 0. The second-order valence-electron chi connectivity index (χ2n) is 7.49. The Balaban J connectivity index is 1.50. The number of hydrogen-bond donors (Lipinski definition) is 0. The van der Waals surface area contributed by atoms with Gasteiger partial charge in [0.25, 0.3) is 0 Å². The molecule has 0 spiro atoms. The number of likely N-dealkylation sites (tertiary alicyclic amines) is 1. The Morgan fingerprint density at radius 2 is 2.00 bits per heavy atom. The van der Waals surface area contributed by atoms with Crippen LogP contribution >= 0.6 is 0 Å². The molecule has 2 atom stereocenters. The summed E-state index contributed by atoms with van der Waals surface area (Å²) in [5.74, 6) is 2.38. The van der Waals surface area contributed by atoms with Gasteiger partial charge in [0.2, 0.25) is 11.8 Å². The van der Waals surface area contributed by atoms with Crippen LogP contribution in [0, 0.1) is 5.92 Å². The summed E-state index contributed by atoms with van der Waals surface area (Å²) in [5, 5.41) is 4.14.